The first-order valence-corrected chi connectivity index (χ1v) is 5.67. The smallest absolute Gasteiger partial charge is 0.0656 e. The fraction of sp³-hybridized carbons (Fsp3) is 0.462. The second-order valence-electron chi connectivity index (χ2n) is 4.37. The minimum atomic E-state index is 0.230. The maximum atomic E-state index is 8.94. The SMILES string of the molecule is C=C(C)c1cc2c(cn1)CCN(CCO)C2. The Kier molecular flexibility index (Phi) is 3.36. The number of aromatic nitrogens is 1. The summed E-state index contributed by atoms with van der Waals surface area (Å²) in [5.41, 5.74) is 4.64. The summed E-state index contributed by atoms with van der Waals surface area (Å²) in [5, 5.41) is 8.94. The average Bonchev–Trinajstić information content (AvgIpc) is 2.28. The van der Waals surface area contributed by atoms with E-state index in [1.807, 2.05) is 13.1 Å². The van der Waals surface area contributed by atoms with Crippen LogP contribution in [-0.4, -0.2) is 34.7 Å². The molecule has 0 saturated carbocycles. The molecule has 1 aromatic rings. The minimum absolute atomic E-state index is 0.230. The van der Waals surface area contributed by atoms with Crippen LogP contribution in [0.5, 0.6) is 0 Å². The van der Waals surface area contributed by atoms with Gasteiger partial charge in [0.05, 0.1) is 12.3 Å². The van der Waals surface area contributed by atoms with Crippen LogP contribution in [0, 0.1) is 0 Å². The zero-order chi connectivity index (χ0) is 11.5. The lowest BCUT2D eigenvalue weighted by molar-refractivity contribution is 0.184. The van der Waals surface area contributed by atoms with Crippen molar-refractivity contribution in [2.45, 2.75) is 19.9 Å². The van der Waals surface area contributed by atoms with Gasteiger partial charge in [0.2, 0.25) is 0 Å². The van der Waals surface area contributed by atoms with Gasteiger partial charge in [-0.1, -0.05) is 6.58 Å². The Morgan fingerprint density at radius 2 is 2.38 bits per heavy atom. The van der Waals surface area contributed by atoms with Crippen LogP contribution in [0.1, 0.15) is 23.7 Å². The van der Waals surface area contributed by atoms with Gasteiger partial charge in [-0.2, -0.15) is 0 Å². The van der Waals surface area contributed by atoms with Crippen LogP contribution < -0.4 is 0 Å². The molecule has 86 valence electrons. The molecule has 16 heavy (non-hydrogen) atoms. The lowest BCUT2D eigenvalue weighted by Crippen LogP contribution is -2.32. The zero-order valence-corrected chi connectivity index (χ0v) is 9.74. The van der Waals surface area contributed by atoms with Crippen molar-refractivity contribution in [3.63, 3.8) is 0 Å². The third-order valence-corrected chi connectivity index (χ3v) is 3.03. The van der Waals surface area contributed by atoms with Crippen molar-refractivity contribution in [2.24, 2.45) is 0 Å². The third-order valence-electron chi connectivity index (χ3n) is 3.03. The molecular formula is C13H18N2O. The average molecular weight is 218 g/mol. The van der Waals surface area contributed by atoms with Gasteiger partial charge < -0.3 is 5.11 Å². The fourth-order valence-electron chi connectivity index (χ4n) is 2.06. The molecular weight excluding hydrogens is 200 g/mol. The van der Waals surface area contributed by atoms with Gasteiger partial charge in [-0.3, -0.25) is 9.88 Å². The summed E-state index contributed by atoms with van der Waals surface area (Å²) in [5.74, 6) is 0. The Balaban J connectivity index is 2.21. The quantitative estimate of drug-likeness (QED) is 0.834. The van der Waals surface area contributed by atoms with Crippen molar-refractivity contribution in [3.8, 4) is 0 Å². The number of nitrogens with zero attached hydrogens (tertiary/aromatic N) is 2. The number of aliphatic hydroxyl groups is 1. The van der Waals surface area contributed by atoms with Crippen molar-refractivity contribution in [1.82, 2.24) is 9.88 Å². The van der Waals surface area contributed by atoms with E-state index in [2.05, 4.69) is 22.5 Å². The Bertz CT molecular complexity index is 401. The summed E-state index contributed by atoms with van der Waals surface area (Å²) >= 11 is 0. The molecule has 0 spiro atoms. The van der Waals surface area contributed by atoms with Gasteiger partial charge >= 0.3 is 0 Å². The molecule has 1 N–H and O–H groups in total. The van der Waals surface area contributed by atoms with Crippen LogP contribution in [0.4, 0.5) is 0 Å². The summed E-state index contributed by atoms with van der Waals surface area (Å²) < 4.78 is 0. The van der Waals surface area contributed by atoms with E-state index in [4.69, 9.17) is 5.11 Å². The van der Waals surface area contributed by atoms with Crippen LogP contribution in [0.25, 0.3) is 5.57 Å². The molecule has 0 aliphatic carbocycles. The van der Waals surface area contributed by atoms with E-state index < -0.39 is 0 Å². The molecule has 2 heterocycles. The Labute approximate surface area is 96.4 Å². The second kappa shape index (κ2) is 4.76. The predicted octanol–water partition coefficient (Wildman–Crippen LogP) is 1.47. The van der Waals surface area contributed by atoms with Gasteiger partial charge in [0.15, 0.2) is 0 Å². The number of hydrogen-bond acceptors (Lipinski definition) is 3. The van der Waals surface area contributed by atoms with Crippen molar-refractivity contribution in [1.29, 1.82) is 0 Å². The second-order valence-corrected chi connectivity index (χ2v) is 4.37. The van der Waals surface area contributed by atoms with Crippen LogP contribution in [0.2, 0.25) is 0 Å². The largest absolute Gasteiger partial charge is 0.395 e. The number of rotatable bonds is 3. The summed E-state index contributed by atoms with van der Waals surface area (Å²) in [6.07, 6.45) is 2.99. The normalized spacial score (nSPS) is 15.9. The molecule has 1 aliphatic rings. The highest BCUT2D eigenvalue weighted by molar-refractivity contribution is 5.58. The first-order valence-electron chi connectivity index (χ1n) is 5.67. The van der Waals surface area contributed by atoms with Crippen LogP contribution in [0.3, 0.4) is 0 Å². The van der Waals surface area contributed by atoms with Crippen LogP contribution in [0.15, 0.2) is 18.8 Å². The highest BCUT2D eigenvalue weighted by Gasteiger charge is 2.16. The monoisotopic (exact) mass is 218 g/mol. The number of allylic oxidation sites excluding steroid dienone is 1. The molecule has 0 aromatic carbocycles. The maximum absolute atomic E-state index is 8.94. The molecule has 0 amide bonds. The molecule has 3 heteroatoms. The Morgan fingerprint density at radius 3 is 3.06 bits per heavy atom. The first-order chi connectivity index (χ1) is 7.70. The van der Waals surface area contributed by atoms with E-state index in [9.17, 15) is 0 Å². The van der Waals surface area contributed by atoms with Gasteiger partial charge in [-0.25, -0.2) is 0 Å². The van der Waals surface area contributed by atoms with E-state index >= 15 is 0 Å². The number of β-amino-alcohol motifs (C(OH)–C–C–N with tert-alkyl or cyclic N) is 1. The number of hydrogen-bond donors (Lipinski definition) is 1. The number of aliphatic hydroxyl groups excluding tert-OH is 1. The minimum Gasteiger partial charge on any atom is -0.395 e. The van der Waals surface area contributed by atoms with Crippen molar-refractivity contribution >= 4 is 5.57 Å². The van der Waals surface area contributed by atoms with E-state index in [0.717, 1.165) is 37.3 Å². The van der Waals surface area contributed by atoms with E-state index in [1.165, 1.54) is 11.1 Å². The van der Waals surface area contributed by atoms with Crippen LogP contribution in [-0.2, 0) is 13.0 Å². The topological polar surface area (TPSA) is 36.4 Å². The molecule has 1 aliphatic heterocycles. The standard InChI is InChI=1S/C13H18N2O/c1-10(2)13-7-12-9-15(5-6-16)4-3-11(12)8-14-13/h7-8,16H,1,3-6,9H2,2H3. The molecule has 0 unspecified atom stereocenters. The summed E-state index contributed by atoms with van der Waals surface area (Å²) in [7, 11) is 0. The lowest BCUT2D eigenvalue weighted by atomic mass is 10.00. The zero-order valence-electron chi connectivity index (χ0n) is 9.74. The lowest BCUT2D eigenvalue weighted by Gasteiger charge is -2.28. The molecule has 0 saturated heterocycles. The van der Waals surface area contributed by atoms with Gasteiger partial charge in [0.25, 0.3) is 0 Å². The van der Waals surface area contributed by atoms with Gasteiger partial charge in [-0.05, 0) is 36.1 Å². The first kappa shape index (κ1) is 11.3. The molecule has 0 bridgehead atoms. The number of fused-ring (bicyclic) bond motifs is 1. The van der Waals surface area contributed by atoms with E-state index in [-0.39, 0.29) is 6.61 Å². The van der Waals surface area contributed by atoms with E-state index in [0.29, 0.717) is 0 Å². The van der Waals surface area contributed by atoms with Crippen LogP contribution >= 0.6 is 0 Å². The summed E-state index contributed by atoms with van der Waals surface area (Å²) in [4.78, 5) is 6.66. The highest BCUT2D eigenvalue weighted by atomic mass is 16.3. The summed E-state index contributed by atoms with van der Waals surface area (Å²) in [6.45, 7) is 8.80. The molecule has 0 radical (unpaired) electrons. The molecule has 1 aromatic heterocycles. The van der Waals surface area contributed by atoms with Gasteiger partial charge in [0.1, 0.15) is 0 Å². The fourth-order valence-corrected chi connectivity index (χ4v) is 2.06. The molecule has 2 rings (SSSR count). The van der Waals surface area contributed by atoms with Crippen molar-refractivity contribution in [3.05, 3.63) is 35.7 Å². The van der Waals surface area contributed by atoms with Crippen molar-refractivity contribution in [2.75, 3.05) is 19.7 Å². The Morgan fingerprint density at radius 1 is 1.56 bits per heavy atom. The van der Waals surface area contributed by atoms with E-state index in [1.54, 1.807) is 0 Å². The van der Waals surface area contributed by atoms with Gasteiger partial charge in [0, 0.05) is 25.8 Å². The predicted molar refractivity (Wildman–Crippen MR) is 65.0 cm³/mol. The molecule has 0 atom stereocenters. The third kappa shape index (κ3) is 2.31. The summed E-state index contributed by atoms with van der Waals surface area (Å²) in [6, 6.07) is 2.13. The Hall–Kier alpha value is -1.19. The van der Waals surface area contributed by atoms with Gasteiger partial charge in [-0.15, -0.1) is 0 Å². The highest BCUT2D eigenvalue weighted by Crippen LogP contribution is 2.20. The van der Waals surface area contributed by atoms with Crippen molar-refractivity contribution < 1.29 is 5.11 Å². The number of pyridine rings is 1. The maximum Gasteiger partial charge on any atom is 0.0656 e. The molecule has 0 fully saturated rings. The molecule has 3 nitrogen and oxygen atoms in total.